The third-order valence-corrected chi connectivity index (χ3v) is 2.26. The summed E-state index contributed by atoms with van der Waals surface area (Å²) < 4.78 is 10.1. The Bertz CT molecular complexity index is 535. The number of methoxy groups -OCH3 is 1. The molecule has 0 fully saturated rings. The number of hydrogen-bond acceptors (Lipinski definition) is 5. The number of benzene rings is 1. The van der Waals surface area contributed by atoms with E-state index in [1.54, 1.807) is 36.4 Å². The van der Waals surface area contributed by atoms with Crippen LogP contribution in [-0.2, 0) is 4.74 Å². The number of anilines is 1. The molecule has 0 atom stereocenters. The van der Waals surface area contributed by atoms with E-state index in [9.17, 15) is 4.79 Å². The molecule has 0 amide bonds. The number of nitrogens with two attached hydrogens (primary N) is 1. The third-order valence-electron chi connectivity index (χ3n) is 2.26. The minimum absolute atomic E-state index is 0.382. The number of rotatable bonds is 3. The molecule has 0 saturated heterocycles. The molecule has 2 N–H and O–H groups in total. The summed E-state index contributed by atoms with van der Waals surface area (Å²) in [5.41, 5.74) is 6.56. The second kappa shape index (κ2) is 5.18. The fraction of sp³-hybridized carbons (Fsp3) is 0.0769. The minimum Gasteiger partial charge on any atom is -0.465 e. The van der Waals surface area contributed by atoms with Gasteiger partial charge in [-0.1, -0.05) is 0 Å². The van der Waals surface area contributed by atoms with Crippen LogP contribution in [0.5, 0.6) is 11.6 Å². The third kappa shape index (κ3) is 2.76. The molecule has 0 unspecified atom stereocenters. The molecule has 2 aromatic rings. The number of pyridine rings is 1. The topological polar surface area (TPSA) is 74.4 Å². The predicted molar refractivity (Wildman–Crippen MR) is 66.5 cm³/mol. The maximum absolute atomic E-state index is 11.2. The quantitative estimate of drug-likeness (QED) is 0.838. The summed E-state index contributed by atoms with van der Waals surface area (Å²) in [4.78, 5) is 15.2. The van der Waals surface area contributed by atoms with Crippen LogP contribution in [0.2, 0.25) is 0 Å². The maximum atomic E-state index is 11.2. The summed E-state index contributed by atoms with van der Waals surface area (Å²) in [6, 6.07) is 9.96. The van der Waals surface area contributed by atoms with Gasteiger partial charge in [0, 0.05) is 6.07 Å². The van der Waals surface area contributed by atoms with Crippen molar-refractivity contribution in [1.29, 1.82) is 0 Å². The molecule has 92 valence electrons. The van der Waals surface area contributed by atoms with Crippen LogP contribution < -0.4 is 10.5 Å². The Morgan fingerprint density at radius 1 is 1.17 bits per heavy atom. The van der Waals surface area contributed by atoms with Crippen molar-refractivity contribution in [3.63, 3.8) is 0 Å². The standard InChI is InChI=1S/C13H12N2O3/c1-17-13(16)9-2-5-11(6-3-9)18-12-7-4-10(14)8-15-12/h2-8H,14H2,1H3. The van der Waals surface area contributed by atoms with E-state index in [1.807, 2.05) is 0 Å². The monoisotopic (exact) mass is 244 g/mol. The lowest BCUT2D eigenvalue weighted by Gasteiger charge is -2.05. The smallest absolute Gasteiger partial charge is 0.337 e. The zero-order valence-corrected chi connectivity index (χ0v) is 9.79. The predicted octanol–water partition coefficient (Wildman–Crippen LogP) is 2.24. The van der Waals surface area contributed by atoms with Crippen LogP contribution in [0.25, 0.3) is 0 Å². The molecule has 0 saturated carbocycles. The molecule has 18 heavy (non-hydrogen) atoms. The Balaban J connectivity index is 2.10. The fourth-order valence-corrected chi connectivity index (χ4v) is 1.35. The molecule has 0 aliphatic carbocycles. The van der Waals surface area contributed by atoms with E-state index in [2.05, 4.69) is 9.72 Å². The summed E-state index contributed by atoms with van der Waals surface area (Å²) in [7, 11) is 1.34. The molecular weight excluding hydrogens is 232 g/mol. The second-order valence-corrected chi connectivity index (χ2v) is 3.55. The average molecular weight is 244 g/mol. The highest BCUT2D eigenvalue weighted by molar-refractivity contribution is 5.89. The number of carbonyl (C=O) groups is 1. The lowest BCUT2D eigenvalue weighted by Crippen LogP contribution is -2.00. The first-order valence-corrected chi connectivity index (χ1v) is 5.27. The number of ether oxygens (including phenoxy) is 2. The van der Waals surface area contributed by atoms with Gasteiger partial charge in [-0.15, -0.1) is 0 Å². The summed E-state index contributed by atoms with van der Waals surface area (Å²) in [5.74, 6) is 0.641. The SMILES string of the molecule is COC(=O)c1ccc(Oc2ccc(N)cn2)cc1. The molecule has 0 bridgehead atoms. The van der Waals surface area contributed by atoms with Crippen molar-refractivity contribution in [3.05, 3.63) is 48.2 Å². The van der Waals surface area contributed by atoms with Crippen LogP contribution in [-0.4, -0.2) is 18.1 Å². The highest BCUT2D eigenvalue weighted by Gasteiger charge is 2.05. The number of nitrogens with zero attached hydrogens (tertiary/aromatic N) is 1. The van der Waals surface area contributed by atoms with Crippen LogP contribution in [0.3, 0.4) is 0 Å². The number of hydrogen-bond donors (Lipinski definition) is 1. The second-order valence-electron chi connectivity index (χ2n) is 3.55. The molecule has 2 rings (SSSR count). The van der Waals surface area contributed by atoms with E-state index >= 15 is 0 Å². The molecule has 5 heteroatoms. The van der Waals surface area contributed by atoms with Gasteiger partial charge in [-0.25, -0.2) is 9.78 Å². The Labute approximate surface area is 104 Å². The summed E-state index contributed by atoms with van der Waals surface area (Å²) in [6.07, 6.45) is 1.51. The van der Waals surface area contributed by atoms with Gasteiger partial charge in [0.25, 0.3) is 0 Å². The molecule has 0 spiro atoms. The van der Waals surface area contributed by atoms with Gasteiger partial charge in [-0.2, -0.15) is 0 Å². The molecule has 0 radical (unpaired) electrons. The van der Waals surface area contributed by atoms with Gasteiger partial charge in [-0.3, -0.25) is 0 Å². The molecule has 1 heterocycles. The van der Waals surface area contributed by atoms with E-state index < -0.39 is 0 Å². The lowest BCUT2D eigenvalue weighted by atomic mass is 10.2. The maximum Gasteiger partial charge on any atom is 0.337 e. The highest BCUT2D eigenvalue weighted by Crippen LogP contribution is 2.20. The average Bonchev–Trinajstić information content (AvgIpc) is 2.41. The van der Waals surface area contributed by atoms with Crippen molar-refractivity contribution in [1.82, 2.24) is 4.98 Å². The molecular formula is C13H12N2O3. The summed E-state index contributed by atoms with van der Waals surface area (Å²) in [5, 5.41) is 0. The van der Waals surface area contributed by atoms with E-state index in [0.717, 1.165) is 0 Å². The zero-order valence-electron chi connectivity index (χ0n) is 9.79. The number of carbonyl (C=O) groups excluding carboxylic acids is 1. The van der Waals surface area contributed by atoms with Gasteiger partial charge in [0.15, 0.2) is 0 Å². The Morgan fingerprint density at radius 3 is 2.44 bits per heavy atom. The number of esters is 1. The van der Waals surface area contributed by atoms with Crippen LogP contribution in [0.4, 0.5) is 5.69 Å². The van der Waals surface area contributed by atoms with E-state index in [0.29, 0.717) is 22.9 Å². The van der Waals surface area contributed by atoms with Crippen molar-refractivity contribution in [2.75, 3.05) is 12.8 Å². The normalized spacial score (nSPS) is 9.83. The largest absolute Gasteiger partial charge is 0.465 e. The zero-order chi connectivity index (χ0) is 13.0. The Morgan fingerprint density at radius 2 is 1.89 bits per heavy atom. The minimum atomic E-state index is -0.382. The Kier molecular flexibility index (Phi) is 3.43. The van der Waals surface area contributed by atoms with Crippen molar-refractivity contribution in [2.45, 2.75) is 0 Å². The van der Waals surface area contributed by atoms with Gasteiger partial charge < -0.3 is 15.2 Å². The van der Waals surface area contributed by atoms with Gasteiger partial charge in [0.1, 0.15) is 5.75 Å². The van der Waals surface area contributed by atoms with E-state index in [4.69, 9.17) is 10.5 Å². The first-order chi connectivity index (χ1) is 8.69. The van der Waals surface area contributed by atoms with Crippen molar-refractivity contribution < 1.29 is 14.3 Å². The van der Waals surface area contributed by atoms with Gasteiger partial charge >= 0.3 is 5.97 Å². The number of nitrogen functional groups attached to an aromatic ring is 1. The number of aromatic nitrogens is 1. The summed E-state index contributed by atoms with van der Waals surface area (Å²) >= 11 is 0. The van der Waals surface area contributed by atoms with Gasteiger partial charge in [0.05, 0.1) is 24.6 Å². The first kappa shape index (κ1) is 11.9. The lowest BCUT2D eigenvalue weighted by molar-refractivity contribution is 0.0600. The fourth-order valence-electron chi connectivity index (χ4n) is 1.35. The highest BCUT2D eigenvalue weighted by atomic mass is 16.5. The molecule has 1 aromatic heterocycles. The molecule has 0 aliphatic rings. The van der Waals surface area contributed by atoms with Crippen LogP contribution in [0, 0.1) is 0 Å². The van der Waals surface area contributed by atoms with Crippen LogP contribution >= 0.6 is 0 Å². The van der Waals surface area contributed by atoms with Gasteiger partial charge in [-0.05, 0) is 30.3 Å². The first-order valence-electron chi connectivity index (χ1n) is 5.27. The van der Waals surface area contributed by atoms with Crippen LogP contribution in [0.15, 0.2) is 42.6 Å². The molecule has 1 aromatic carbocycles. The van der Waals surface area contributed by atoms with Crippen molar-refractivity contribution in [3.8, 4) is 11.6 Å². The summed E-state index contributed by atoms with van der Waals surface area (Å²) in [6.45, 7) is 0. The van der Waals surface area contributed by atoms with Crippen LogP contribution in [0.1, 0.15) is 10.4 Å². The molecule has 5 nitrogen and oxygen atoms in total. The van der Waals surface area contributed by atoms with E-state index in [1.165, 1.54) is 13.3 Å². The Hall–Kier alpha value is -2.56. The van der Waals surface area contributed by atoms with E-state index in [-0.39, 0.29) is 5.97 Å². The van der Waals surface area contributed by atoms with Crippen molar-refractivity contribution >= 4 is 11.7 Å². The van der Waals surface area contributed by atoms with Gasteiger partial charge in [0.2, 0.25) is 5.88 Å². The molecule has 0 aliphatic heterocycles. The van der Waals surface area contributed by atoms with Crippen molar-refractivity contribution in [2.24, 2.45) is 0 Å².